The molecule has 12 heteroatoms. The smallest absolute Gasteiger partial charge is 0.340 e. The Morgan fingerprint density at radius 2 is 1.52 bits per heavy atom. The first-order valence-electron chi connectivity index (χ1n) is 12.9. The van der Waals surface area contributed by atoms with Crippen LogP contribution in [0, 0.1) is 11.8 Å². The van der Waals surface area contributed by atoms with Crippen LogP contribution in [0.3, 0.4) is 0 Å². The Bertz CT molecular complexity index is 1470. The van der Waals surface area contributed by atoms with Crippen molar-refractivity contribution in [2.75, 3.05) is 0 Å². The summed E-state index contributed by atoms with van der Waals surface area (Å²) in [4.78, 5) is 56.4. The number of ketones is 1. The molecule has 0 fully saturated rings. The lowest BCUT2D eigenvalue weighted by atomic mass is 9.96. The Kier molecular flexibility index (Phi) is 11.0. The molecule has 214 valence electrons. The number of hydrogen-bond acceptors (Lipinski definition) is 6. The molecule has 0 aliphatic heterocycles. The first kappa shape index (κ1) is 31.5. The number of Topliss-reactive ketones (excluding diaryl/α,β-unsaturated/α-hetero) is 1. The van der Waals surface area contributed by atoms with Gasteiger partial charge in [0.25, 0.3) is 5.91 Å². The Balaban J connectivity index is 1.92. The zero-order chi connectivity index (χ0) is 29.6. The fraction of sp³-hybridized carbons (Fsp3) is 0.393. The van der Waals surface area contributed by atoms with Crippen LogP contribution in [-0.2, 0) is 22.7 Å². The Morgan fingerprint density at radius 1 is 0.950 bits per heavy atom. The lowest BCUT2D eigenvalue weighted by Crippen LogP contribution is -2.52. The molecule has 0 unspecified atom stereocenters. The Morgan fingerprint density at radius 3 is 2.08 bits per heavy atom. The van der Waals surface area contributed by atoms with Gasteiger partial charge < -0.3 is 11.1 Å². The molecule has 40 heavy (non-hydrogen) atoms. The van der Waals surface area contributed by atoms with Gasteiger partial charge in [0, 0.05) is 28.6 Å². The van der Waals surface area contributed by atoms with Crippen molar-refractivity contribution in [3.63, 3.8) is 0 Å². The molecule has 9 nitrogen and oxygen atoms in total. The highest BCUT2D eigenvalue weighted by Gasteiger charge is 2.27. The molecule has 3 aromatic rings. The minimum absolute atomic E-state index is 0.0240. The van der Waals surface area contributed by atoms with Crippen LogP contribution in [0.15, 0.2) is 58.3 Å². The third-order valence-electron chi connectivity index (χ3n) is 6.31. The van der Waals surface area contributed by atoms with Gasteiger partial charge in [-0.05, 0) is 65.3 Å². The molecule has 3 N–H and O–H groups in total. The number of rotatable bonds is 11. The van der Waals surface area contributed by atoms with Crippen LogP contribution in [0.2, 0.25) is 10.0 Å². The van der Waals surface area contributed by atoms with Crippen LogP contribution in [0.4, 0.5) is 0 Å². The lowest BCUT2D eigenvalue weighted by molar-refractivity contribution is -0.130. The molecule has 0 saturated heterocycles. The van der Waals surface area contributed by atoms with Crippen molar-refractivity contribution >= 4 is 52.3 Å². The maximum atomic E-state index is 13.4. The van der Waals surface area contributed by atoms with Crippen LogP contribution in [0.1, 0.15) is 50.0 Å². The summed E-state index contributed by atoms with van der Waals surface area (Å²) in [5, 5.41) is 3.81. The molecule has 2 aromatic carbocycles. The van der Waals surface area contributed by atoms with Crippen molar-refractivity contribution in [1.82, 2.24) is 13.8 Å². The third-order valence-corrected chi connectivity index (χ3v) is 7.79. The number of carbonyl (C=O) groups is 3. The zero-order valence-electron chi connectivity index (χ0n) is 22.8. The first-order chi connectivity index (χ1) is 18.9. The molecular weight excluding hydrogens is 573 g/mol. The quantitative estimate of drug-likeness (QED) is 0.342. The highest BCUT2D eigenvalue weighted by Crippen LogP contribution is 2.13. The van der Waals surface area contributed by atoms with Gasteiger partial charge in [-0.1, -0.05) is 63.0 Å². The molecule has 2 atom stereocenters. The summed E-state index contributed by atoms with van der Waals surface area (Å²) in [7, 11) is 0. The van der Waals surface area contributed by atoms with Gasteiger partial charge in [0.1, 0.15) is 0 Å². The Labute approximate surface area is 246 Å². The van der Waals surface area contributed by atoms with Crippen molar-refractivity contribution in [2.45, 2.75) is 59.3 Å². The molecular formula is C28H33Cl2N5O4S. The predicted octanol–water partition coefficient (Wildman–Crippen LogP) is 3.89. The summed E-state index contributed by atoms with van der Waals surface area (Å²) in [6.45, 7) is 7.52. The van der Waals surface area contributed by atoms with E-state index in [0.717, 1.165) is 17.1 Å². The van der Waals surface area contributed by atoms with Crippen molar-refractivity contribution < 1.29 is 14.4 Å². The molecule has 0 radical (unpaired) electrons. The van der Waals surface area contributed by atoms with Crippen LogP contribution in [-0.4, -0.2) is 38.2 Å². The molecule has 0 aliphatic carbocycles. The third kappa shape index (κ3) is 8.23. The minimum Gasteiger partial charge on any atom is -0.345 e. The summed E-state index contributed by atoms with van der Waals surface area (Å²) in [5.41, 5.74) is 6.68. The lowest BCUT2D eigenvalue weighted by Gasteiger charge is -2.24. The number of nitrogens with two attached hydrogens (primary N) is 1. The number of nitrogens with zero attached hydrogens (tertiary/aromatic N) is 3. The van der Waals surface area contributed by atoms with E-state index in [-0.39, 0.29) is 41.9 Å². The van der Waals surface area contributed by atoms with E-state index in [0.29, 0.717) is 15.6 Å². The first-order valence-corrected chi connectivity index (χ1v) is 14.4. The van der Waals surface area contributed by atoms with E-state index in [1.807, 2.05) is 27.7 Å². The standard InChI is InChI=1S/C28H33Cl2N5O4S/c1-16(2)23(31)26(38)32-24(17(3)4)22(36)13-14-34-27(33-25(37)19-7-11-21(30)12-8-19)40-35(28(34)39)15-18-5-9-20(29)10-6-18/h5-12,16-17,23-24H,13-15,31H2,1-4H3,(H,32,38)/t23-,24-/m1/s1. The average molecular weight is 607 g/mol. The number of hydrogen-bond donors (Lipinski definition) is 2. The van der Waals surface area contributed by atoms with Crippen LogP contribution < -0.4 is 21.5 Å². The fourth-order valence-corrected chi connectivity index (χ4v) is 5.05. The summed E-state index contributed by atoms with van der Waals surface area (Å²) in [6.07, 6.45) is -0.0602. The predicted molar refractivity (Wildman–Crippen MR) is 158 cm³/mol. The van der Waals surface area contributed by atoms with E-state index in [1.165, 1.54) is 8.52 Å². The normalized spacial score (nSPS) is 13.5. The van der Waals surface area contributed by atoms with Crippen molar-refractivity contribution in [3.05, 3.63) is 85.0 Å². The van der Waals surface area contributed by atoms with E-state index < -0.39 is 29.6 Å². The van der Waals surface area contributed by atoms with Gasteiger partial charge in [-0.25, -0.2) is 8.75 Å². The maximum Gasteiger partial charge on any atom is 0.340 e. The number of nitrogens with one attached hydrogen (secondary N) is 1. The van der Waals surface area contributed by atoms with E-state index in [2.05, 4.69) is 10.3 Å². The van der Waals surface area contributed by atoms with Crippen LogP contribution in [0.5, 0.6) is 0 Å². The number of aromatic nitrogens is 2. The molecule has 3 rings (SSSR count). The number of amides is 2. The van der Waals surface area contributed by atoms with Crippen LogP contribution >= 0.6 is 34.7 Å². The van der Waals surface area contributed by atoms with Gasteiger partial charge in [-0.3, -0.25) is 19.0 Å². The highest BCUT2D eigenvalue weighted by atomic mass is 35.5. The second kappa shape index (κ2) is 14.0. The molecule has 0 saturated carbocycles. The minimum atomic E-state index is -0.774. The van der Waals surface area contributed by atoms with Gasteiger partial charge in [-0.15, -0.1) is 0 Å². The second-order valence-electron chi connectivity index (χ2n) is 10.1. The number of halogens is 2. The monoisotopic (exact) mass is 605 g/mol. The van der Waals surface area contributed by atoms with Gasteiger partial charge in [0.2, 0.25) is 10.7 Å². The summed E-state index contributed by atoms with van der Waals surface area (Å²) < 4.78 is 2.77. The second-order valence-corrected chi connectivity index (χ2v) is 12.0. The summed E-state index contributed by atoms with van der Waals surface area (Å²) in [5.74, 6) is -1.49. The molecule has 2 amide bonds. The summed E-state index contributed by atoms with van der Waals surface area (Å²) in [6, 6.07) is 11.8. The van der Waals surface area contributed by atoms with Gasteiger partial charge in [-0.2, -0.15) is 4.99 Å². The maximum absolute atomic E-state index is 13.4. The number of carbonyl (C=O) groups excluding carboxylic acids is 3. The van der Waals surface area contributed by atoms with E-state index in [9.17, 15) is 19.2 Å². The summed E-state index contributed by atoms with van der Waals surface area (Å²) >= 11 is 12.9. The Hall–Kier alpha value is -3.05. The van der Waals surface area contributed by atoms with Gasteiger partial charge in [0.15, 0.2) is 5.78 Å². The van der Waals surface area contributed by atoms with E-state index >= 15 is 0 Å². The topological polar surface area (TPSA) is 129 Å². The van der Waals surface area contributed by atoms with Crippen molar-refractivity contribution in [1.29, 1.82) is 0 Å². The fourth-order valence-electron chi connectivity index (χ4n) is 3.82. The van der Waals surface area contributed by atoms with Crippen LogP contribution in [0.25, 0.3) is 0 Å². The van der Waals surface area contributed by atoms with E-state index in [4.69, 9.17) is 28.9 Å². The van der Waals surface area contributed by atoms with Crippen molar-refractivity contribution in [3.8, 4) is 0 Å². The highest BCUT2D eigenvalue weighted by molar-refractivity contribution is 7.03. The average Bonchev–Trinajstić information content (AvgIpc) is 3.19. The molecule has 1 heterocycles. The number of benzene rings is 2. The van der Waals surface area contributed by atoms with Gasteiger partial charge in [0.05, 0.1) is 18.6 Å². The molecule has 0 bridgehead atoms. The largest absolute Gasteiger partial charge is 0.345 e. The molecule has 1 aromatic heterocycles. The SMILES string of the molecule is CC(C)[C@@H](N)C(=O)N[C@@H](C(=O)CCn1c(=NC(=O)c2ccc(Cl)cc2)sn(Cc2ccc(Cl)cc2)c1=O)C(C)C. The van der Waals surface area contributed by atoms with Crippen molar-refractivity contribution in [2.24, 2.45) is 22.6 Å². The molecule has 0 spiro atoms. The zero-order valence-corrected chi connectivity index (χ0v) is 25.1. The molecule has 0 aliphatic rings. The van der Waals surface area contributed by atoms with E-state index in [1.54, 1.807) is 48.5 Å². The van der Waals surface area contributed by atoms with Gasteiger partial charge >= 0.3 is 5.69 Å².